The normalized spacial score (nSPS) is 25.1. The minimum atomic E-state index is -0.608. The molecule has 0 spiro atoms. The number of piperazine rings is 1. The summed E-state index contributed by atoms with van der Waals surface area (Å²) in [5.74, 6) is 0.532. The number of rotatable bonds is 10. The van der Waals surface area contributed by atoms with E-state index in [1.807, 2.05) is 60.9 Å². The second-order valence-electron chi connectivity index (χ2n) is 14.1. The van der Waals surface area contributed by atoms with Crippen LogP contribution in [0.4, 0.5) is 16.2 Å². The Morgan fingerprint density at radius 2 is 1.90 bits per heavy atom. The van der Waals surface area contributed by atoms with Crippen molar-refractivity contribution in [3.63, 3.8) is 0 Å². The van der Waals surface area contributed by atoms with Crippen LogP contribution in [-0.4, -0.2) is 85.3 Å². The highest BCUT2D eigenvalue weighted by atomic mass is 16.7. The largest absolute Gasteiger partial charge is 0.512 e. The summed E-state index contributed by atoms with van der Waals surface area (Å²) in [5.41, 5.74) is 5.80. The smallest absolute Gasteiger partial charge is 0.434 e. The van der Waals surface area contributed by atoms with Gasteiger partial charge in [-0.05, 0) is 79.1 Å². The fourth-order valence-electron chi connectivity index (χ4n) is 7.14. The summed E-state index contributed by atoms with van der Waals surface area (Å²) in [7, 11) is 2.10. The molecule has 4 N–H and O–H groups in total. The van der Waals surface area contributed by atoms with Crippen LogP contribution in [0.25, 0.3) is 0 Å². The Bertz CT molecular complexity index is 1560. The fourth-order valence-corrected chi connectivity index (χ4v) is 7.14. The number of carbonyl (C=O) groups is 2. The van der Waals surface area contributed by atoms with Crippen molar-refractivity contribution in [1.29, 1.82) is 0 Å². The monoisotopic (exact) mass is 656 g/mol. The van der Waals surface area contributed by atoms with Crippen molar-refractivity contribution < 1.29 is 23.5 Å². The number of likely N-dealkylation sites (N-methyl/N-ethyl adjacent to an activating group) is 1. The molecular formula is C37H50N7O4+. The van der Waals surface area contributed by atoms with E-state index in [1.165, 1.54) is 5.56 Å². The number of ether oxygens (including phenoxy) is 2. The lowest BCUT2D eigenvalue weighted by molar-refractivity contribution is -0.929. The van der Waals surface area contributed by atoms with Gasteiger partial charge in [-0.15, -0.1) is 0 Å². The predicted molar refractivity (Wildman–Crippen MR) is 186 cm³/mol. The molecule has 3 aromatic rings. The van der Waals surface area contributed by atoms with Crippen LogP contribution >= 0.6 is 0 Å². The quantitative estimate of drug-likeness (QED) is 0.175. The first-order chi connectivity index (χ1) is 23.1. The minimum Gasteiger partial charge on any atom is -0.434 e. The zero-order valence-electron chi connectivity index (χ0n) is 28.6. The molecule has 0 radical (unpaired) electrons. The zero-order valence-corrected chi connectivity index (χ0v) is 28.6. The molecule has 2 bridgehead atoms. The van der Waals surface area contributed by atoms with Gasteiger partial charge in [0.15, 0.2) is 0 Å². The third-order valence-electron chi connectivity index (χ3n) is 10.3. The standard InChI is InChI=1S/C37H49N7O4/c1-5-47-36(46)48-25-44(4)17-15-43(16-18-44)24-28-9-11-29(12-10-28)35(45)40-32-13-8-26(2)33(20-32)41-37-21-31(23-39-37)27(3)19-34(42-37)30-7-6-14-38-22-30/h6-14,20,22,27,31,34,39,41-42H,5,15-19,21,23-25H2,1-4H3/p+1/t27-,31+,34?,37?/m0/s1. The molecule has 6 rings (SSSR count). The van der Waals surface area contributed by atoms with Gasteiger partial charge in [-0.1, -0.05) is 31.2 Å². The molecule has 48 heavy (non-hydrogen) atoms. The van der Waals surface area contributed by atoms with Gasteiger partial charge in [0.2, 0.25) is 6.73 Å². The van der Waals surface area contributed by atoms with Gasteiger partial charge in [0.25, 0.3) is 5.91 Å². The van der Waals surface area contributed by atoms with Gasteiger partial charge in [-0.3, -0.25) is 29.8 Å². The molecule has 256 valence electrons. The Morgan fingerprint density at radius 3 is 2.62 bits per heavy atom. The van der Waals surface area contributed by atoms with E-state index in [1.54, 1.807) is 6.92 Å². The third-order valence-corrected chi connectivity index (χ3v) is 10.3. The molecule has 11 nitrogen and oxygen atoms in total. The number of nitrogens with one attached hydrogen (secondary N) is 4. The van der Waals surface area contributed by atoms with Crippen LogP contribution in [0.2, 0.25) is 0 Å². The number of fused-ring (bicyclic) bond motifs is 2. The second kappa shape index (κ2) is 14.6. The number of aromatic nitrogens is 1. The van der Waals surface area contributed by atoms with E-state index >= 15 is 0 Å². The number of pyridine rings is 1. The second-order valence-corrected chi connectivity index (χ2v) is 14.1. The average molecular weight is 657 g/mol. The van der Waals surface area contributed by atoms with E-state index in [0.717, 1.165) is 74.6 Å². The molecule has 1 aromatic heterocycles. The number of carbonyl (C=O) groups excluding carboxylic acids is 2. The molecule has 4 atom stereocenters. The number of hydrogen-bond donors (Lipinski definition) is 4. The molecule has 2 aromatic carbocycles. The highest BCUT2D eigenvalue weighted by Gasteiger charge is 2.46. The Balaban J connectivity index is 1.05. The third kappa shape index (κ3) is 8.15. The van der Waals surface area contributed by atoms with Crippen molar-refractivity contribution >= 4 is 23.4 Å². The maximum Gasteiger partial charge on any atom is 0.512 e. The van der Waals surface area contributed by atoms with Crippen molar-refractivity contribution in [1.82, 2.24) is 20.5 Å². The Kier molecular flexibility index (Phi) is 10.3. The number of hydrogen-bond acceptors (Lipinski definition) is 9. The first kappa shape index (κ1) is 33.9. The van der Waals surface area contributed by atoms with Crippen LogP contribution in [0.3, 0.4) is 0 Å². The molecule has 4 heterocycles. The molecule has 3 fully saturated rings. The van der Waals surface area contributed by atoms with Crippen LogP contribution < -0.4 is 21.3 Å². The Hall–Kier alpha value is -4.03. The summed E-state index contributed by atoms with van der Waals surface area (Å²) in [5, 5.41) is 14.6. The van der Waals surface area contributed by atoms with E-state index in [4.69, 9.17) is 9.47 Å². The summed E-state index contributed by atoms with van der Waals surface area (Å²) in [4.78, 5) is 31.7. The average Bonchev–Trinajstić information content (AvgIpc) is 3.44. The summed E-state index contributed by atoms with van der Waals surface area (Å²) in [6.07, 6.45) is 5.19. The zero-order chi connectivity index (χ0) is 33.7. The molecule has 3 aliphatic rings. The van der Waals surface area contributed by atoms with Gasteiger partial charge in [-0.25, -0.2) is 4.79 Å². The highest BCUT2D eigenvalue weighted by molar-refractivity contribution is 6.04. The first-order valence-corrected chi connectivity index (χ1v) is 17.2. The van der Waals surface area contributed by atoms with E-state index in [0.29, 0.717) is 35.2 Å². The maximum absolute atomic E-state index is 13.3. The van der Waals surface area contributed by atoms with Gasteiger partial charge in [-0.2, -0.15) is 0 Å². The lowest BCUT2D eigenvalue weighted by Gasteiger charge is -2.41. The first-order valence-electron chi connectivity index (χ1n) is 17.2. The summed E-state index contributed by atoms with van der Waals surface area (Å²) < 4.78 is 10.8. The summed E-state index contributed by atoms with van der Waals surface area (Å²) in [6, 6.07) is 18.2. The minimum absolute atomic E-state index is 0.140. The number of nitrogens with zero attached hydrogens (tertiary/aromatic N) is 3. The summed E-state index contributed by atoms with van der Waals surface area (Å²) in [6.45, 7) is 12.1. The van der Waals surface area contributed by atoms with Crippen molar-refractivity contribution in [2.45, 2.75) is 52.0 Å². The Labute approximate surface area is 284 Å². The molecule has 1 amide bonds. The molecule has 11 heteroatoms. The van der Waals surface area contributed by atoms with Gasteiger partial charge >= 0.3 is 6.16 Å². The van der Waals surface area contributed by atoms with Crippen molar-refractivity contribution in [3.05, 3.63) is 89.2 Å². The van der Waals surface area contributed by atoms with Crippen molar-refractivity contribution in [3.8, 4) is 0 Å². The van der Waals surface area contributed by atoms with Crippen LogP contribution in [0.15, 0.2) is 67.0 Å². The molecule has 3 saturated heterocycles. The molecule has 0 saturated carbocycles. The number of quaternary nitrogens is 1. The molecule has 3 aliphatic heterocycles. The van der Waals surface area contributed by atoms with Crippen LogP contribution in [-0.2, 0) is 16.0 Å². The fraction of sp³-hybridized carbons (Fsp3) is 0.486. The van der Waals surface area contributed by atoms with Gasteiger partial charge in [0, 0.05) is 68.0 Å². The lowest BCUT2D eigenvalue weighted by atomic mass is 9.87. The Morgan fingerprint density at radius 1 is 1.10 bits per heavy atom. The maximum atomic E-state index is 13.3. The highest BCUT2D eigenvalue weighted by Crippen LogP contribution is 2.40. The predicted octanol–water partition coefficient (Wildman–Crippen LogP) is 5.08. The van der Waals surface area contributed by atoms with Crippen LogP contribution in [0.5, 0.6) is 0 Å². The van der Waals surface area contributed by atoms with Gasteiger partial charge < -0.3 is 20.1 Å². The number of amides is 1. The topological polar surface area (TPSA) is 117 Å². The van der Waals surface area contributed by atoms with Gasteiger partial charge in [0.05, 0.1) is 26.7 Å². The molecular weight excluding hydrogens is 606 g/mol. The lowest BCUT2D eigenvalue weighted by Crippen LogP contribution is -2.60. The van der Waals surface area contributed by atoms with Gasteiger partial charge in [0.1, 0.15) is 5.79 Å². The van der Waals surface area contributed by atoms with Crippen molar-refractivity contribution in [2.75, 3.05) is 63.7 Å². The van der Waals surface area contributed by atoms with Crippen LogP contribution in [0.1, 0.15) is 59.8 Å². The van der Waals surface area contributed by atoms with E-state index < -0.39 is 11.9 Å². The molecule has 2 unspecified atom stereocenters. The van der Waals surface area contributed by atoms with Crippen LogP contribution in [0, 0.1) is 18.8 Å². The number of benzene rings is 2. The summed E-state index contributed by atoms with van der Waals surface area (Å²) >= 11 is 0. The SMILES string of the molecule is CCOC(=O)OC[N+]1(C)CCN(Cc2ccc(C(=O)Nc3ccc(C)c(NC45C[C@H](CN4)[C@@H](C)CC(c4cccnc4)N5)c3)cc2)CC1. The van der Waals surface area contributed by atoms with E-state index in [9.17, 15) is 9.59 Å². The van der Waals surface area contributed by atoms with Crippen molar-refractivity contribution in [2.24, 2.45) is 11.8 Å². The number of anilines is 2. The van der Waals surface area contributed by atoms with E-state index in [-0.39, 0.29) is 11.9 Å². The number of aryl methyl sites for hydroxylation is 1. The molecule has 0 aliphatic carbocycles. The van der Waals surface area contributed by atoms with E-state index in [2.05, 4.69) is 58.1 Å².